The van der Waals surface area contributed by atoms with E-state index in [1.807, 2.05) is 17.5 Å². The fourth-order valence-electron chi connectivity index (χ4n) is 2.16. The monoisotopic (exact) mass is 295 g/mol. The third-order valence-corrected chi connectivity index (χ3v) is 3.99. The Bertz CT molecular complexity index is 477. The summed E-state index contributed by atoms with van der Waals surface area (Å²) in [7, 11) is 0. The number of amides is 1. The predicted octanol–water partition coefficient (Wildman–Crippen LogP) is 1.85. The highest BCUT2D eigenvalue weighted by Gasteiger charge is 2.26. The van der Waals surface area contributed by atoms with Crippen molar-refractivity contribution in [2.45, 2.75) is 18.9 Å². The lowest BCUT2D eigenvalue weighted by Gasteiger charge is -2.32. The molecule has 0 atom stereocenters. The number of thiophene rings is 1. The number of aliphatic carboxylic acids is 1. The zero-order valence-electron chi connectivity index (χ0n) is 11.0. The minimum atomic E-state index is -0.991. The number of ether oxygens (including phenoxy) is 1. The third kappa shape index (κ3) is 4.18. The number of carboxylic acids is 1. The fourth-order valence-corrected chi connectivity index (χ4v) is 2.78. The van der Waals surface area contributed by atoms with Crippen molar-refractivity contribution in [2.75, 3.05) is 19.8 Å². The molecule has 0 bridgehead atoms. The second-order valence-corrected chi connectivity index (χ2v) is 5.53. The molecular weight excluding hydrogens is 278 g/mol. The Morgan fingerprint density at radius 1 is 1.45 bits per heavy atom. The van der Waals surface area contributed by atoms with Crippen LogP contribution in [-0.2, 0) is 14.3 Å². The summed E-state index contributed by atoms with van der Waals surface area (Å²) >= 11 is 1.53. The zero-order valence-corrected chi connectivity index (χ0v) is 11.8. The molecule has 1 aromatic rings. The number of carboxylic acid groups (broad SMARTS) is 1. The van der Waals surface area contributed by atoms with Crippen LogP contribution in [0.1, 0.15) is 17.7 Å². The number of carbonyl (C=O) groups excluding carboxylic acids is 1. The first-order chi connectivity index (χ1) is 9.66. The molecule has 0 aliphatic carbocycles. The lowest BCUT2D eigenvalue weighted by Crippen LogP contribution is -2.45. The number of carbonyl (C=O) groups is 2. The third-order valence-electron chi connectivity index (χ3n) is 3.15. The molecular formula is C14H17NO4S. The summed E-state index contributed by atoms with van der Waals surface area (Å²) in [6.07, 6.45) is 4.54. The van der Waals surface area contributed by atoms with Gasteiger partial charge in [-0.15, -0.1) is 11.3 Å². The quantitative estimate of drug-likeness (QED) is 0.842. The Morgan fingerprint density at radius 3 is 2.80 bits per heavy atom. The van der Waals surface area contributed by atoms with Crippen molar-refractivity contribution in [1.82, 2.24) is 4.90 Å². The van der Waals surface area contributed by atoms with Crippen molar-refractivity contribution >= 4 is 29.3 Å². The van der Waals surface area contributed by atoms with E-state index in [0.29, 0.717) is 26.1 Å². The van der Waals surface area contributed by atoms with Gasteiger partial charge < -0.3 is 14.7 Å². The van der Waals surface area contributed by atoms with Crippen LogP contribution in [0, 0.1) is 0 Å². The second-order valence-electron chi connectivity index (χ2n) is 4.55. The van der Waals surface area contributed by atoms with Crippen molar-refractivity contribution in [1.29, 1.82) is 0 Å². The molecule has 1 aliphatic rings. The van der Waals surface area contributed by atoms with Crippen LogP contribution in [-0.4, -0.2) is 47.7 Å². The van der Waals surface area contributed by atoms with E-state index in [0.717, 1.165) is 4.88 Å². The molecule has 6 heteroatoms. The largest absolute Gasteiger partial charge is 0.480 e. The van der Waals surface area contributed by atoms with Crippen molar-refractivity contribution < 1.29 is 19.4 Å². The van der Waals surface area contributed by atoms with Gasteiger partial charge in [0.2, 0.25) is 5.91 Å². The van der Waals surface area contributed by atoms with Gasteiger partial charge in [-0.3, -0.25) is 9.59 Å². The summed E-state index contributed by atoms with van der Waals surface area (Å²) in [5.74, 6) is -1.25. The molecule has 1 amide bonds. The van der Waals surface area contributed by atoms with Gasteiger partial charge >= 0.3 is 5.97 Å². The molecule has 0 spiro atoms. The van der Waals surface area contributed by atoms with Crippen LogP contribution in [0.4, 0.5) is 0 Å². The molecule has 2 heterocycles. The van der Waals surface area contributed by atoms with Crippen LogP contribution < -0.4 is 0 Å². The van der Waals surface area contributed by atoms with E-state index in [-0.39, 0.29) is 18.5 Å². The number of nitrogens with zero attached hydrogens (tertiary/aromatic N) is 1. The molecule has 1 fully saturated rings. The predicted molar refractivity (Wildman–Crippen MR) is 76.5 cm³/mol. The molecule has 0 unspecified atom stereocenters. The first-order valence-electron chi connectivity index (χ1n) is 6.48. The Labute approximate surface area is 121 Å². The summed E-state index contributed by atoms with van der Waals surface area (Å²) in [5.41, 5.74) is 0. The van der Waals surface area contributed by atoms with Crippen LogP contribution in [0.25, 0.3) is 6.08 Å². The zero-order chi connectivity index (χ0) is 14.4. The van der Waals surface area contributed by atoms with Crippen molar-refractivity contribution in [3.8, 4) is 0 Å². The number of rotatable bonds is 5. The van der Waals surface area contributed by atoms with Gasteiger partial charge in [-0.05, 0) is 30.4 Å². The van der Waals surface area contributed by atoms with Gasteiger partial charge in [0.05, 0.1) is 0 Å². The molecule has 0 saturated carbocycles. The van der Waals surface area contributed by atoms with Crippen LogP contribution in [0.3, 0.4) is 0 Å². The van der Waals surface area contributed by atoms with E-state index in [9.17, 15) is 9.59 Å². The minimum absolute atomic E-state index is 0.0552. The van der Waals surface area contributed by atoms with Gasteiger partial charge in [0, 0.05) is 30.2 Å². The lowest BCUT2D eigenvalue weighted by molar-refractivity contribution is -0.145. The van der Waals surface area contributed by atoms with Gasteiger partial charge in [0.25, 0.3) is 0 Å². The van der Waals surface area contributed by atoms with E-state index < -0.39 is 5.97 Å². The van der Waals surface area contributed by atoms with Crippen LogP contribution in [0.2, 0.25) is 0 Å². The van der Waals surface area contributed by atoms with E-state index >= 15 is 0 Å². The molecule has 0 radical (unpaired) electrons. The topological polar surface area (TPSA) is 66.8 Å². The van der Waals surface area contributed by atoms with E-state index in [1.165, 1.54) is 22.3 Å². The van der Waals surface area contributed by atoms with E-state index in [4.69, 9.17) is 9.84 Å². The molecule has 108 valence electrons. The SMILES string of the molecule is O=C(O)CN(C(=O)C=Cc1cccs1)C1CCOCC1. The molecule has 1 aromatic heterocycles. The van der Waals surface area contributed by atoms with Crippen molar-refractivity contribution in [3.63, 3.8) is 0 Å². The van der Waals surface area contributed by atoms with Gasteiger partial charge in [-0.2, -0.15) is 0 Å². The smallest absolute Gasteiger partial charge is 0.323 e. The van der Waals surface area contributed by atoms with Gasteiger partial charge in [0.1, 0.15) is 6.54 Å². The standard InChI is InChI=1S/C14H17NO4S/c16-13(4-3-12-2-1-9-20-12)15(10-14(17)18)11-5-7-19-8-6-11/h1-4,9,11H,5-8,10H2,(H,17,18). The first kappa shape index (κ1) is 14.7. The van der Waals surface area contributed by atoms with Crippen LogP contribution in [0.5, 0.6) is 0 Å². The van der Waals surface area contributed by atoms with E-state index in [1.54, 1.807) is 6.08 Å². The highest BCUT2D eigenvalue weighted by Crippen LogP contribution is 2.16. The molecule has 2 rings (SSSR count). The molecule has 1 aliphatic heterocycles. The highest BCUT2D eigenvalue weighted by atomic mass is 32.1. The molecule has 5 nitrogen and oxygen atoms in total. The molecule has 1 saturated heterocycles. The summed E-state index contributed by atoms with van der Waals surface area (Å²) in [6.45, 7) is 0.879. The van der Waals surface area contributed by atoms with Crippen molar-refractivity contribution in [2.24, 2.45) is 0 Å². The Kier molecular flexibility index (Phi) is 5.31. The van der Waals surface area contributed by atoms with Crippen molar-refractivity contribution in [3.05, 3.63) is 28.5 Å². The average molecular weight is 295 g/mol. The van der Waals surface area contributed by atoms with Gasteiger partial charge in [-0.1, -0.05) is 6.07 Å². The number of hydrogen-bond acceptors (Lipinski definition) is 4. The Morgan fingerprint density at radius 2 is 2.20 bits per heavy atom. The Hall–Kier alpha value is -1.66. The summed E-state index contributed by atoms with van der Waals surface area (Å²) in [6, 6.07) is 3.76. The maximum atomic E-state index is 12.2. The fraction of sp³-hybridized carbons (Fsp3) is 0.429. The molecule has 20 heavy (non-hydrogen) atoms. The normalized spacial score (nSPS) is 16.4. The van der Waals surface area contributed by atoms with Crippen LogP contribution >= 0.6 is 11.3 Å². The average Bonchev–Trinajstić information content (AvgIpc) is 2.96. The van der Waals surface area contributed by atoms with Gasteiger partial charge in [0.15, 0.2) is 0 Å². The minimum Gasteiger partial charge on any atom is -0.480 e. The second kappa shape index (κ2) is 7.21. The lowest BCUT2D eigenvalue weighted by atomic mass is 10.1. The summed E-state index contributed by atoms with van der Waals surface area (Å²) in [4.78, 5) is 25.6. The molecule has 0 aromatic carbocycles. The maximum Gasteiger partial charge on any atom is 0.323 e. The first-order valence-corrected chi connectivity index (χ1v) is 7.36. The summed E-state index contributed by atoms with van der Waals surface area (Å²) in [5, 5.41) is 10.9. The van der Waals surface area contributed by atoms with Crippen LogP contribution in [0.15, 0.2) is 23.6 Å². The molecule has 1 N–H and O–H groups in total. The van der Waals surface area contributed by atoms with E-state index in [2.05, 4.69) is 0 Å². The summed E-state index contributed by atoms with van der Waals surface area (Å²) < 4.78 is 5.25. The highest BCUT2D eigenvalue weighted by molar-refractivity contribution is 7.10. The van der Waals surface area contributed by atoms with Gasteiger partial charge in [-0.25, -0.2) is 0 Å². The Balaban J connectivity index is 2.04. The number of hydrogen-bond donors (Lipinski definition) is 1. The maximum absolute atomic E-state index is 12.2.